The Bertz CT molecular complexity index is 1190. The third kappa shape index (κ3) is 5.83. The lowest BCUT2D eigenvalue weighted by Crippen LogP contribution is -2.36. The molecule has 6 nitrogen and oxygen atoms in total. The number of nitrogens with zero attached hydrogens (tertiary/aromatic N) is 2. The van der Waals surface area contributed by atoms with Crippen molar-refractivity contribution in [1.29, 1.82) is 0 Å². The second kappa shape index (κ2) is 10.4. The molecule has 1 saturated heterocycles. The Morgan fingerprint density at radius 2 is 1.88 bits per heavy atom. The highest BCUT2D eigenvalue weighted by molar-refractivity contribution is 6.30. The molecule has 1 fully saturated rings. The number of aromatic amines is 1. The number of phenolic OH excluding ortho intramolecular Hbond substituents is 1. The van der Waals surface area contributed by atoms with Gasteiger partial charge in [-0.1, -0.05) is 35.6 Å². The Kier molecular flexibility index (Phi) is 7.32. The Morgan fingerprint density at radius 1 is 1.15 bits per heavy atom. The summed E-state index contributed by atoms with van der Waals surface area (Å²) in [6, 6.07) is 11.0. The van der Waals surface area contributed by atoms with E-state index in [4.69, 9.17) is 21.1 Å². The third-order valence-electron chi connectivity index (χ3n) is 5.23. The van der Waals surface area contributed by atoms with Crippen molar-refractivity contribution in [3.05, 3.63) is 64.3 Å². The maximum absolute atomic E-state index is 13.0. The minimum Gasteiger partial charge on any atom is -0.506 e. The molecule has 10 heteroatoms. The van der Waals surface area contributed by atoms with Crippen LogP contribution in [0.25, 0.3) is 11.3 Å². The number of morpholine rings is 1. The molecule has 3 aromatic rings. The average molecular weight is 492 g/mol. The molecule has 0 spiro atoms. The molecule has 178 valence electrons. The van der Waals surface area contributed by atoms with Gasteiger partial charge < -0.3 is 14.6 Å². The monoisotopic (exact) mass is 491 g/mol. The number of hydrogen-bond acceptors (Lipinski definition) is 5. The zero-order chi connectivity index (χ0) is 24.1. The predicted molar refractivity (Wildman–Crippen MR) is 121 cm³/mol. The van der Waals surface area contributed by atoms with Crippen LogP contribution in [0.1, 0.15) is 16.8 Å². The summed E-state index contributed by atoms with van der Waals surface area (Å²) in [5.41, 5.74) is 0.110. The SMILES string of the molecule is Oc1c(-c2cc(C(F)(F)F)n[nH]2)ccc(OCc2ccc(Cl)cc2)c1C#CCN1CCOCC1. The molecule has 0 aliphatic carbocycles. The maximum Gasteiger partial charge on any atom is 0.435 e. The molecule has 34 heavy (non-hydrogen) atoms. The second-order valence-electron chi connectivity index (χ2n) is 7.60. The number of H-pyrrole nitrogens is 1. The van der Waals surface area contributed by atoms with Gasteiger partial charge in [-0.3, -0.25) is 10.00 Å². The Morgan fingerprint density at radius 3 is 2.56 bits per heavy atom. The summed E-state index contributed by atoms with van der Waals surface area (Å²) in [5.74, 6) is 5.98. The predicted octanol–water partition coefficient (Wildman–Crippen LogP) is 4.72. The van der Waals surface area contributed by atoms with Crippen molar-refractivity contribution in [2.24, 2.45) is 0 Å². The van der Waals surface area contributed by atoms with Gasteiger partial charge in [0.15, 0.2) is 5.69 Å². The number of aromatic nitrogens is 2. The van der Waals surface area contributed by atoms with E-state index in [1.54, 1.807) is 18.2 Å². The van der Waals surface area contributed by atoms with Crippen molar-refractivity contribution in [3.63, 3.8) is 0 Å². The highest BCUT2D eigenvalue weighted by Gasteiger charge is 2.34. The topological polar surface area (TPSA) is 70.6 Å². The van der Waals surface area contributed by atoms with E-state index in [2.05, 4.69) is 26.9 Å². The molecule has 0 atom stereocenters. The van der Waals surface area contributed by atoms with E-state index in [1.165, 1.54) is 6.07 Å². The van der Waals surface area contributed by atoms with Crippen molar-refractivity contribution < 1.29 is 27.8 Å². The van der Waals surface area contributed by atoms with Gasteiger partial charge >= 0.3 is 6.18 Å². The van der Waals surface area contributed by atoms with E-state index in [1.807, 2.05) is 12.1 Å². The van der Waals surface area contributed by atoms with Gasteiger partial charge in [0.05, 0.1) is 25.5 Å². The number of nitrogens with one attached hydrogen (secondary N) is 1. The van der Waals surface area contributed by atoms with Crippen LogP contribution in [-0.2, 0) is 17.5 Å². The largest absolute Gasteiger partial charge is 0.506 e. The lowest BCUT2D eigenvalue weighted by atomic mass is 10.0. The second-order valence-corrected chi connectivity index (χ2v) is 8.04. The normalized spacial score (nSPS) is 14.5. The van der Waals surface area contributed by atoms with Crippen molar-refractivity contribution in [3.8, 4) is 34.6 Å². The molecular formula is C24H21ClF3N3O3. The van der Waals surface area contributed by atoms with Gasteiger partial charge in [0.1, 0.15) is 23.7 Å². The molecule has 0 amide bonds. The smallest absolute Gasteiger partial charge is 0.435 e. The Labute approximate surface area is 199 Å². The maximum atomic E-state index is 13.0. The van der Waals surface area contributed by atoms with Gasteiger partial charge in [-0.25, -0.2) is 0 Å². The van der Waals surface area contributed by atoms with E-state index in [-0.39, 0.29) is 29.2 Å². The first-order valence-corrected chi connectivity index (χ1v) is 10.8. The first kappa shape index (κ1) is 24.0. The van der Waals surface area contributed by atoms with Crippen LogP contribution in [0.15, 0.2) is 42.5 Å². The number of phenols is 1. The van der Waals surface area contributed by atoms with E-state index in [9.17, 15) is 18.3 Å². The number of halogens is 4. The average Bonchev–Trinajstić information content (AvgIpc) is 3.31. The lowest BCUT2D eigenvalue weighted by Gasteiger charge is -2.24. The van der Waals surface area contributed by atoms with Crippen LogP contribution in [0.5, 0.6) is 11.5 Å². The summed E-state index contributed by atoms with van der Waals surface area (Å²) >= 11 is 5.92. The van der Waals surface area contributed by atoms with Crippen LogP contribution in [0.3, 0.4) is 0 Å². The first-order chi connectivity index (χ1) is 16.3. The van der Waals surface area contributed by atoms with Crippen molar-refractivity contribution in [2.45, 2.75) is 12.8 Å². The number of rotatable bonds is 5. The first-order valence-electron chi connectivity index (χ1n) is 10.5. The summed E-state index contributed by atoms with van der Waals surface area (Å²) in [6.07, 6.45) is -4.60. The van der Waals surface area contributed by atoms with Crippen LogP contribution < -0.4 is 4.74 Å². The summed E-state index contributed by atoms with van der Waals surface area (Å²) in [5, 5.41) is 17.2. The summed E-state index contributed by atoms with van der Waals surface area (Å²) in [6.45, 7) is 3.38. The molecule has 1 aromatic heterocycles. The molecule has 0 radical (unpaired) electrons. The zero-order valence-electron chi connectivity index (χ0n) is 18.0. The molecule has 0 bridgehead atoms. The van der Waals surface area contributed by atoms with Gasteiger partial charge in [0.2, 0.25) is 0 Å². The highest BCUT2D eigenvalue weighted by Crippen LogP contribution is 2.38. The number of benzene rings is 2. The third-order valence-corrected chi connectivity index (χ3v) is 5.48. The van der Waals surface area contributed by atoms with E-state index in [0.717, 1.165) is 24.7 Å². The molecule has 4 rings (SSSR count). The fraction of sp³-hybridized carbons (Fsp3) is 0.292. The van der Waals surface area contributed by atoms with Crippen LogP contribution in [0.2, 0.25) is 5.02 Å². The number of hydrogen-bond donors (Lipinski definition) is 2. The minimum absolute atomic E-state index is 0.0188. The van der Waals surface area contributed by atoms with Crippen molar-refractivity contribution in [2.75, 3.05) is 32.8 Å². The molecule has 0 saturated carbocycles. The molecule has 2 aromatic carbocycles. The van der Waals surface area contributed by atoms with E-state index >= 15 is 0 Å². The van der Waals surface area contributed by atoms with E-state index < -0.39 is 11.9 Å². The van der Waals surface area contributed by atoms with Gasteiger partial charge in [-0.2, -0.15) is 18.3 Å². The Balaban J connectivity index is 1.63. The fourth-order valence-corrected chi connectivity index (χ4v) is 3.50. The summed E-state index contributed by atoms with van der Waals surface area (Å²) < 4.78 is 50.2. The lowest BCUT2D eigenvalue weighted by molar-refractivity contribution is -0.141. The van der Waals surface area contributed by atoms with Gasteiger partial charge in [-0.05, 0) is 35.9 Å². The van der Waals surface area contributed by atoms with E-state index in [0.29, 0.717) is 30.5 Å². The molecule has 1 aliphatic rings. The summed E-state index contributed by atoms with van der Waals surface area (Å²) in [7, 11) is 0. The van der Waals surface area contributed by atoms with Gasteiger partial charge in [0.25, 0.3) is 0 Å². The molecule has 2 heterocycles. The highest BCUT2D eigenvalue weighted by atomic mass is 35.5. The quantitative estimate of drug-likeness (QED) is 0.506. The minimum atomic E-state index is -4.60. The summed E-state index contributed by atoms with van der Waals surface area (Å²) in [4.78, 5) is 2.11. The van der Waals surface area contributed by atoms with Crippen molar-refractivity contribution >= 4 is 11.6 Å². The number of alkyl halides is 3. The van der Waals surface area contributed by atoms with Gasteiger partial charge in [0, 0.05) is 23.7 Å². The van der Waals surface area contributed by atoms with Gasteiger partial charge in [-0.15, -0.1) is 0 Å². The van der Waals surface area contributed by atoms with Crippen LogP contribution in [0.4, 0.5) is 13.2 Å². The van der Waals surface area contributed by atoms with Crippen molar-refractivity contribution in [1.82, 2.24) is 15.1 Å². The molecular weight excluding hydrogens is 471 g/mol. The fourth-order valence-electron chi connectivity index (χ4n) is 3.38. The van der Waals surface area contributed by atoms with Crippen LogP contribution in [0, 0.1) is 11.8 Å². The van der Waals surface area contributed by atoms with Crippen LogP contribution >= 0.6 is 11.6 Å². The van der Waals surface area contributed by atoms with Crippen LogP contribution in [-0.4, -0.2) is 53.1 Å². The molecule has 1 aliphatic heterocycles. The molecule has 0 unspecified atom stereocenters. The standard InChI is InChI=1S/C24H21ClF3N3O3/c25-17-5-3-16(4-6-17)15-34-21-8-7-18(20-14-22(30-29-20)24(26,27)28)23(32)19(21)2-1-9-31-10-12-33-13-11-31/h3-8,14,32H,9-13,15H2,(H,29,30). The Hall–Kier alpha value is -3.19. The number of aromatic hydroxyl groups is 1. The molecule has 2 N–H and O–H groups in total. The zero-order valence-corrected chi connectivity index (χ0v) is 18.7. The number of ether oxygens (including phenoxy) is 2.